The number of anilines is 1. The molecule has 1 N–H and O–H groups in total. The molecule has 0 aliphatic carbocycles. The summed E-state index contributed by atoms with van der Waals surface area (Å²) in [6, 6.07) is 15.2. The average Bonchev–Trinajstić information content (AvgIpc) is 3.21. The number of ether oxygens (including phenoxy) is 3. The molecule has 1 aliphatic rings. The maximum absolute atomic E-state index is 12.4. The van der Waals surface area contributed by atoms with Crippen LogP contribution in [-0.4, -0.2) is 31.3 Å². The fourth-order valence-corrected chi connectivity index (χ4v) is 3.13. The Bertz CT molecular complexity index is 787. The number of carbonyl (C=O) groups excluding carboxylic acids is 1. The Morgan fingerprint density at radius 1 is 1.10 bits per heavy atom. The van der Waals surface area contributed by atoms with Crippen molar-refractivity contribution >= 4 is 11.6 Å². The second kappa shape index (κ2) is 9.31. The van der Waals surface area contributed by atoms with Gasteiger partial charge in [-0.1, -0.05) is 32.9 Å². The molecular weight excluding hydrogens is 366 g/mol. The van der Waals surface area contributed by atoms with Crippen LogP contribution in [0.3, 0.4) is 0 Å². The van der Waals surface area contributed by atoms with Crippen LogP contribution in [0.5, 0.6) is 11.5 Å². The molecule has 2 aromatic rings. The molecule has 0 saturated carbocycles. The number of benzene rings is 2. The van der Waals surface area contributed by atoms with Gasteiger partial charge in [-0.3, -0.25) is 4.79 Å². The molecule has 5 heteroatoms. The van der Waals surface area contributed by atoms with Gasteiger partial charge < -0.3 is 19.5 Å². The molecule has 0 bridgehead atoms. The van der Waals surface area contributed by atoms with Gasteiger partial charge in [0, 0.05) is 12.3 Å². The van der Waals surface area contributed by atoms with E-state index in [1.165, 1.54) is 5.56 Å². The smallest absolute Gasteiger partial charge is 0.265 e. The number of nitrogens with one attached hydrogen (secondary N) is 1. The molecule has 0 radical (unpaired) electrons. The van der Waals surface area contributed by atoms with Crippen molar-refractivity contribution in [3.63, 3.8) is 0 Å². The minimum absolute atomic E-state index is 0.0848. The maximum atomic E-state index is 12.4. The third-order valence-electron chi connectivity index (χ3n) is 4.98. The normalized spacial score (nSPS) is 17.6. The molecule has 3 rings (SSSR count). The lowest BCUT2D eigenvalue weighted by atomic mass is 9.87. The standard InChI is InChI=1S/C24H31NO4/c1-17(29-21-11-7-18(8-12-21)24(2,3)4)23(26)25-19-9-13-20(14-10-19)28-16-22-6-5-15-27-22/h7-14,17,22H,5-6,15-16H2,1-4H3,(H,25,26). The van der Waals surface area contributed by atoms with Crippen LogP contribution in [-0.2, 0) is 14.9 Å². The zero-order valence-electron chi connectivity index (χ0n) is 17.7. The van der Waals surface area contributed by atoms with E-state index < -0.39 is 6.10 Å². The van der Waals surface area contributed by atoms with E-state index in [0.717, 1.165) is 25.2 Å². The predicted octanol–water partition coefficient (Wildman–Crippen LogP) is 4.95. The van der Waals surface area contributed by atoms with E-state index in [4.69, 9.17) is 14.2 Å². The van der Waals surface area contributed by atoms with Crippen molar-refractivity contribution in [1.29, 1.82) is 0 Å². The lowest BCUT2D eigenvalue weighted by molar-refractivity contribution is -0.122. The summed E-state index contributed by atoms with van der Waals surface area (Å²) in [5, 5.41) is 2.88. The molecule has 0 aromatic heterocycles. The largest absolute Gasteiger partial charge is 0.491 e. The Hall–Kier alpha value is -2.53. The van der Waals surface area contributed by atoms with Gasteiger partial charge in [-0.25, -0.2) is 0 Å². The summed E-state index contributed by atoms with van der Waals surface area (Å²) in [5.74, 6) is 1.25. The Balaban J connectivity index is 1.48. The third kappa shape index (κ3) is 6.23. The molecule has 2 aromatic carbocycles. The highest BCUT2D eigenvalue weighted by atomic mass is 16.5. The van der Waals surface area contributed by atoms with Crippen molar-refractivity contribution in [2.24, 2.45) is 0 Å². The zero-order valence-corrected chi connectivity index (χ0v) is 17.7. The van der Waals surface area contributed by atoms with Gasteiger partial charge in [0.15, 0.2) is 6.10 Å². The molecule has 1 aliphatic heterocycles. The van der Waals surface area contributed by atoms with Gasteiger partial charge in [-0.05, 0) is 67.1 Å². The Morgan fingerprint density at radius 3 is 2.34 bits per heavy atom. The summed E-state index contributed by atoms with van der Waals surface area (Å²) in [5.41, 5.74) is 2.02. The van der Waals surface area contributed by atoms with Crippen molar-refractivity contribution in [3.05, 3.63) is 54.1 Å². The van der Waals surface area contributed by atoms with Gasteiger partial charge in [0.05, 0.1) is 6.10 Å². The van der Waals surface area contributed by atoms with Crippen LogP contribution in [0.1, 0.15) is 46.1 Å². The van der Waals surface area contributed by atoms with Crippen molar-refractivity contribution < 1.29 is 19.0 Å². The van der Waals surface area contributed by atoms with Crippen LogP contribution in [0.2, 0.25) is 0 Å². The minimum Gasteiger partial charge on any atom is -0.491 e. The monoisotopic (exact) mass is 397 g/mol. The summed E-state index contributed by atoms with van der Waals surface area (Å²) in [7, 11) is 0. The van der Waals surface area contributed by atoms with Gasteiger partial charge in [0.25, 0.3) is 5.91 Å². The van der Waals surface area contributed by atoms with Crippen molar-refractivity contribution in [3.8, 4) is 11.5 Å². The number of hydrogen-bond acceptors (Lipinski definition) is 4. The number of carbonyl (C=O) groups is 1. The molecule has 1 fully saturated rings. The molecule has 1 amide bonds. The van der Waals surface area contributed by atoms with E-state index >= 15 is 0 Å². The highest BCUT2D eigenvalue weighted by molar-refractivity contribution is 5.94. The van der Waals surface area contributed by atoms with E-state index in [1.54, 1.807) is 6.92 Å². The molecule has 156 valence electrons. The Kier molecular flexibility index (Phi) is 6.80. The van der Waals surface area contributed by atoms with Gasteiger partial charge >= 0.3 is 0 Å². The van der Waals surface area contributed by atoms with E-state index in [0.29, 0.717) is 18.0 Å². The fourth-order valence-electron chi connectivity index (χ4n) is 3.13. The summed E-state index contributed by atoms with van der Waals surface area (Å²) < 4.78 is 17.1. The first kappa shape index (κ1) is 21.2. The van der Waals surface area contributed by atoms with E-state index in [1.807, 2.05) is 48.5 Å². The number of rotatable bonds is 7. The molecule has 1 heterocycles. The van der Waals surface area contributed by atoms with Crippen molar-refractivity contribution in [1.82, 2.24) is 0 Å². The fraction of sp³-hybridized carbons (Fsp3) is 0.458. The molecule has 29 heavy (non-hydrogen) atoms. The first-order chi connectivity index (χ1) is 13.8. The minimum atomic E-state index is -0.606. The number of amides is 1. The second-order valence-electron chi connectivity index (χ2n) is 8.49. The van der Waals surface area contributed by atoms with E-state index in [2.05, 4.69) is 26.1 Å². The van der Waals surface area contributed by atoms with Crippen molar-refractivity contribution in [2.75, 3.05) is 18.5 Å². The molecule has 0 spiro atoms. The molecule has 1 saturated heterocycles. The van der Waals surface area contributed by atoms with Crippen LogP contribution in [0.25, 0.3) is 0 Å². The Labute approximate surface area is 173 Å². The lowest BCUT2D eigenvalue weighted by Crippen LogP contribution is -2.30. The lowest BCUT2D eigenvalue weighted by Gasteiger charge is -2.20. The first-order valence-electron chi connectivity index (χ1n) is 10.2. The number of hydrogen-bond donors (Lipinski definition) is 1. The third-order valence-corrected chi connectivity index (χ3v) is 4.98. The topological polar surface area (TPSA) is 56.8 Å². The maximum Gasteiger partial charge on any atom is 0.265 e. The highest BCUT2D eigenvalue weighted by Gasteiger charge is 2.18. The first-order valence-corrected chi connectivity index (χ1v) is 10.2. The van der Waals surface area contributed by atoms with E-state index in [9.17, 15) is 4.79 Å². The molecule has 5 nitrogen and oxygen atoms in total. The molecule has 2 unspecified atom stereocenters. The van der Waals surface area contributed by atoms with E-state index in [-0.39, 0.29) is 17.4 Å². The average molecular weight is 398 g/mol. The summed E-state index contributed by atoms with van der Waals surface area (Å²) in [4.78, 5) is 12.4. The van der Waals surface area contributed by atoms with Crippen LogP contribution >= 0.6 is 0 Å². The quantitative estimate of drug-likeness (QED) is 0.718. The van der Waals surface area contributed by atoms with Crippen LogP contribution < -0.4 is 14.8 Å². The highest BCUT2D eigenvalue weighted by Crippen LogP contribution is 2.25. The van der Waals surface area contributed by atoms with Crippen molar-refractivity contribution in [2.45, 2.75) is 58.2 Å². The second-order valence-corrected chi connectivity index (χ2v) is 8.49. The van der Waals surface area contributed by atoms with Crippen LogP contribution in [0.15, 0.2) is 48.5 Å². The SMILES string of the molecule is CC(Oc1ccc(C(C)(C)C)cc1)C(=O)Nc1ccc(OCC2CCCO2)cc1. The summed E-state index contributed by atoms with van der Waals surface area (Å²) in [6.45, 7) is 9.62. The van der Waals surface area contributed by atoms with Gasteiger partial charge in [-0.15, -0.1) is 0 Å². The Morgan fingerprint density at radius 2 is 1.76 bits per heavy atom. The van der Waals surface area contributed by atoms with Crippen LogP contribution in [0.4, 0.5) is 5.69 Å². The van der Waals surface area contributed by atoms with Gasteiger partial charge in [-0.2, -0.15) is 0 Å². The van der Waals surface area contributed by atoms with Crippen LogP contribution in [0, 0.1) is 0 Å². The molecular formula is C24H31NO4. The zero-order chi connectivity index (χ0) is 20.9. The summed E-state index contributed by atoms with van der Waals surface area (Å²) >= 11 is 0. The van der Waals surface area contributed by atoms with Gasteiger partial charge in [0.2, 0.25) is 0 Å². The van der Waals surface area contributed by atoms with Gasteiger partial charge in [0.1, 0.15) is 18.1 Å². The predicted molar refractivity (Wildman–Crippen MR) is 115 cm³/mol. The summed E-state index contributed by atoms with van der Waals surface area (Å²) in [6.07, 6.45) is 1.72. The molecule has 2 atom stereocenters.